The van der Waals surface area contributed by atoms with Crippen molar-refractivity contribution >= 4 is 15.7 Å². The number of rotatable bonds is 4. The molecule has 1 atom stereocenters. The highest BCUT2D eigenvalue weighted by molar-refractivity contribution is 7.89. The second-order valence-electron chi connectivity index (χ2n) is 6.48. The summed E-state index contributed by atoms with van der Waals surface area (Å²) < 4.78 is 27.5. The number of benzene rings is 1. The predicted molar refractivity (Wildman–Crippen MR) is 92.4 cm³/mol. The summed E-state index contributed by atoms with van der Waals surface area (Å²) in [6.07, 6.45) is 0.923. The second-order valence-corrected chi connectivity index (χ2v) is 8.42. The lowest BCUT2D eigenvalue weighted by atomic mass is 10.2. The molecular weight excluding hydrogens is 312 g/mol. The minimum atomic E-state index is -3.40. The Morgan fingerprint density at radius 3 is 2.61 bits per heavy atom. The van der Waals surface area contributed by atoms with E-state index in [-0.39, 0.29) is 0 Å². The molecule has 1 aromatic carbocycles. The van der Waals surface area contributed by atoms with Gasteiger partial charge in [-0.05, 0) is 24.6 Å². The van der Waals surface area contributed by atoms with Crippen LogP contribution in [0.4, 0.5) is 5.69 Å². The average molecular weight is 338 g/mol. The molecule has 0 spiro atoms. The quantitative estimate of drug-likeness (QED) is 0.862. The largest absolute Gasteiger partial charge is 0.378 e. The maximum atomic E-state index is 12.9. The van der Waals surface area contributed by atoms with Crippen molar-refractivity contribution in [2.24, 2.45) is 0 Å². The Morgan fingerprint density at radius 2 is 1.91 bits per heavy atom. The summed E-state index contributed by atoms with van der Waals surface area (Å²) in [6, 6.07) is 7.54. The second kappa shape index (κ2) is 6.76. The van der Waals surface area contributed by atoms with E-state index in [4.69, 9.17) is 0 Å². The van der Waals surface area contributed by atoms with Gasteiger partial charge in [-0.1, -0.05) is 6.07 Å². The molecule has 7 heteroatoms. The van der Waals surface area contributed by atoms with Gasteiger partial charge >= 0.3 is 0 Å². The Bertz CT molecular complexity index is 641. The molecule has 0 amide bonds. The van der Waals surface area contributed by atoms with Crippen LogP contribution in [0.2, 0.25) is 0 Å². The van der Waals surface area contributed by atoms with Crippen LogP contribution in [0, 0.1) is 0 Å². The van der Waals surface area contributed by atoms with Gasteiger partial charge in [-0.15, -0.1) is 0 Å². The minimum absolute atomic E-state index is 0.351. The smallest absolute Gasteiger partial charge is 0.243 e. The molecule has 2 aliphatic heterocycles. The van der Waals surface area contributed by atoms with Gasteiger partial charge in [0.2, 0.25) is 10.0 Å². The van der Waals surface area contributed by atoms with Gasteiger partial charge in [0.15, 0.2) is 0 Å². The number of nitrogens with zero attached hydrogens (tertiary/aromatic N) is 3. The molecule has 3 rings (SSSR count). The number of nitrogens with one attached hydrogen (secondary N) is 1. The maximum absolute atomic E-state index is 12.9. The van der Waals surface area contributed by atoms with Crippen LogP contribution >= 0.6 is 0 Å². The van der Waals surface area contributed by atoms with E-state index in [1.807, 2.05) is 31.1 Å². The van der Waals surface area contributed by atoms with Crippen molar-refractivity contribution in [2.75, 3.05) is 58.3 Å². The number of sulfonamides is 1. The fraction of sp³-hybridized carbons (Fsp3) is 0.625. The van der Waals surface area contributed by atoms with Crippen LogP contribution in [0.15, 0.2) is 29.2 Å². The maximum Gasteiger partial charge on any atom is 0.243 e. The highest BCUT2D eigenvalue weighted by atomic mass is 32.2. The SMILES string of the molecule is CN(C)c1cccc(S(=O)(=O)N2CCC(N3CCNCC3)C2)c1. The first-order valence-corrected chi connectivity index (χ1v) is 9.65. The van der Waals surface area contributed by atoms with Crippen molar-refractivity contribution in [1.29, 1.82) is 0 Å². The normalized spacial score (nSPS) is 24.0. The average Bonchev–Trinajstić information content (AvgIpc) is 3.06. The van der Waals surface area contributed by atoms with Gasteiger partial charge in [-0.25, -0.2) is 8.42 Å². The summed E-state index contributed by atoms with van der Waals surface area (Å²) in [5.41, 5.74) is 0.906. The molecule has 1 unspecified atom stereocenters. The monoisotopic (exact) mass is 338 g/mol. The minimum Gasteiger partial charge on any atom is -0.378 e. The van der Waals surface area contributed by atoms with Gasteiger partial charge in [0.05, 0.1) is 4.90 Å². The molecule has 1 aromatic rings. The van der Waals surface area contributed by atoms with Gasteiger partial charge in [0, 0.05) is 65.1 Å². The topological polar surface area (TPSA) is 55.9 Å². The van der Waals surface area contributed by atoms with Crippen LogP contribution in [0.5, 0.6) is 0 Å². The van der Waals surface area contributed by atoms with Crippen molar-refractivity contribution in [3.8, 4) is 0 Å². The van der Waals surface area contributed by atoms with Crippen molar-refractivity contribution in [1.82, 2.24) is 14.5 Å². The fourth-order valence-corrected chi connectivity index (χ4v) is 4.88. The van der Waals surface area contributed by atoms with Crippen LogP contribution in [0.3, 0.4) is 0 Å². The van der Waals surface area contributed by atoms with Gasteiger partial charge in [-0.3, -0.25) is 4.90 Å². The zero-order valence-electron chi connectivity index (χ0n) is 13.9. The Morgan fingerprint density at radius 1 is 1.17 bits per heavy atom. The fourth-order valence-electron chi connectivity index (χ4n) is 3.35. The summed E-state index contributed by atoms with van der Waals surface area (Å²) >= 11 is 0. The van der Waals surface area contributed by atoms with Crippen LogP contribution in [0.1, 0.15) is 6.42 Å². The first kappa shape index (κ1) is 16.7. The molecule has 0 aromatic heterocycles. The highest BCUT2D eigenvalue weighted by Crippen LogP contribution is 2.26. The lowest BCUT2D eigenvalue weighted by molar-refractivity contribution is 0.179. The van der Waals surface area contributed by atoms with Crippen LogP contribution in [-0.4, -0.2) is 77.0 Å². The van der Waals surface area contributed by atoms with E-state index in [9.17, 15) is 8.42 Å². The molecule has 1 N–H and O–H groups in total. The Kier molecular flexibility index (Phi) is 4.91. The lowest BCUT2D eigenvalue weighted by Gasteiger charge is -2.32. The summed E-state index contributed by atoms with van der Waals surface area (Å²) in [5.74, 6) is 0. The van der Waals surface area contributed by atoms with Crippen molar-refractivity contribution < 1.29 is 8.42 Å². The third-order valence-corrected chi connectivity index (χ3v) is 6.63. The Balaban J connectivity index is 1.74. The number of anilines is 1. The molecule has 128 valence electrons. The number of piperazine rings is 1. The number of hydrogen-bond donors (Lipinski definition) is 1. The molecule has 0 saturated carbocycles. The summed E-state index contributed by atoms with van der Waals surface area (Å²) in [6.45, 7) is 5.23. The lowest BCUT2D eigenvalue weighted by Crippen LogP contribution is -2.49. The zero-order valence-corrected chi connectivity index (χ0v) is 14.7. The molecule has 23 heavy (non-hydrogen) atoms. The van der Waals surface area contributed by atoms with Crippen molar-refractivity contribution in [3.63, 3.8) is 0 Å². The van der Waals surface area contributed by atoms with E-state index < -0.39 is 10.0 Å². The van der Waals surface area contributed by atoms with Gasteiger partial charge in [0.25, 0.3) is 0 Å². The summed E-state index contributed by atoms with van der Waals surface area (Å²) in [5, 5.41) is 3.34. The van der Waals surface area contributed by atoms with Crippen molar-refractivity contribution in [2.45, 2.75) is 17.4 Å². The van der Waals surface area contributed by atoms with Crippen LogP contribution in [0.25, 0.3) is 0 Å². The van der Waals surface area contributed by atoms with E-state index >= 15 is 0 Å². The standard InChI is InChI=1S/C16H26N4O2S/c1-18(2)14-4-3-5-16(12-14)23(21,22)20-9-6-15(13-20)19-10-7-17-8-11-19/h3-5,12,15,17H,6-11,13H2,1-2H3. The van der Waals surface area contributed by atoms with Crippen LogP contribution < -0.4 is 10.2 Å². The van der Waals surface area contributed by atoms with E-state index in [1.54, 1.807) is 16.4 Å². The highest BCUT2D eigenvalue weighted by Gasteiger charge is 2.35. The van der Waals surface area contributed by atoms with Crippen molar-refractivity contribution in [3.05, 3.63) is 24.3 Å². The Labute approximate surface area is 139 Å². The summed E-state index contributed by atoms with van der Waals surface area (Å²) in [7, 11) is 0.435. The molecule has 2 heterocycles. The third kappa shape index (κ3) is 3.52. The molecule has 0 aliphatic carbocycles. The third-order valence-electron chi connectivity index (χ3n) is 4.77. The molecule has 0 bridgehead atoms. The molecule has 2 aliphatic rings. The number of hydrogen-bond acceptors (Lipinski definition) is 5. The Hall–Kier alpha value is -1.15. The van der Waals surface area contributed by atoms with Gasteiger partial charge in [-0.2, -0.15) is 4.31 Å². The van der Waals surface area contributed by atoms with Gasteiger partial charge in [0.1, 0.15) is 0 Å². The molecule has 0 radical (unpaired) electrons. The van der Waals surface area contributed by atoms with Gasteiger partial charge < -0.3 is 10.2 Å². The first-order valence-electron chi connectivity index (χ1n) is 8.21. The molecule has 2 fully saturated rings. The molecule has 2 saturated heterocycles. The molecule has 6 nitrogen and oxygen atoms in total. The van der Waals surface area contributed by atoms with E-state index in [0.717, 1.165) is 38.3 Å². The summed E-state index contributed by atoms with van der Waals surface area (Å²) in [4.78, 5) is 4.74. The predicted octanol–water partition coefficient (Wildman–Crippen LogP) is 0.421. The van der Waals surface area contributed by atoms with Crippen LogP contribution in [-0.2, 0) is 10.0 Å². The zero-order chi connectivity index (χ0) is 16.4. The van der Waals surface area contributed by atoms with E-state index in [1.165, 1.54) is 0 Å². The first-order chi connectivity index (χ1) is 11.0. The molecular formula is C16H26N4O2S. The van der Waals surface area contributed by atoms with E-state index in [2.05, 4.69) is 10.2 Å². The van der Waals surface area contributed by atoms with E-state index in [0.29, 0.717) is 24.0 Å².